The number of carbonyl (C=O) groups is 2. The minimum atomic E-state index is -0.0633. The predicted molar refractivity (Wildman–Crippen MR) is 79.9 cm³/mol. The van der Waals surface area contributed by atoms with Crippen LogP contribution in [0.15, 0.2) is 23.0 Å². The van der Waals surface area contributed by atoms with Crippen molar-refractivity contribution >= 4 is 11.8 Å². The first-order valence-corrected chi connectivity index (χ1v) is 7.67. The van der Waals surface area contributed by atoms with Gasteiger partial charge in [-0.25, -0.2) is 0 Å². The Kier molecular flexibility index (Phi) is 5.42. The zero-order chi connectivity index (χ0) is 15.2. The Bertz CT molecular complexity index is 462. The van der Waals surface area contributed by atoms with Crippen molar-refractivity contribution in [3.05, 3.63) is 24.2 Å². The summed E-state index contributed by atoms with van der Waals surface area (Å²) in [6.45, 7) is 6.97. The number of hydrogen-bond donors (Lipinski definition) is 0. The minimum absolute atomic E-state index is 0.0633. The van der Waals surface area contributed by atoms with Crippen LogP contribution >= 0.6 is 0 Å². The van der Waals surface area contributed by atoms with Crippen LogP contribution < -0.4 is 0 Å². The molecule has 21 heavy (non-hydrogen) atoms. The molecule has 0 bridgehead atoms. The normalized spacial score (nSPS) is 14.7. The summed E-state index contributed by atoms with van der Waals surface area (Å²) < 4.78 is 4.97. The van der Waals surface area contributed by atoms with E-state index in [1.165, 1.54) is 12.5 Å². The van der Waals surface area contributed by atoms with Gasteiger partial charge in [0.2, 0.25) is 5.91 Å². The number of nitrogens with zero attached hydrogens (tertiary/aromatic N) is 2. The highest BCUT2D eigenvalue weighted by atomic mass is 16.3. The van der Waals surface area contributed by atoms with E-state index >= 15 is 0 Å². The molecule has 2 amide bonds. The van der Waals surface area contributed by atoms with Crippen LogP contribution in [0.2, 0.25) is 0 Å². The first-order valence-electron chi connectivity index (χ1n) is 7.67. The lowest BCUT2D eigenvalue weighted by Crippen LogP contribution is -2.38. The van der Waals surface area contributed by atoms with Crippen molar-refractivity contribution in [1.29, 1.82) is 0 Å². The fourth-order valence-corrected chi connectivity index (χ4v) is 2.64. The summed E-state index contributed by atoms with van der Waals surface area (Å²) in [5, 5.41) is 0. The smallest absolute Gasteiger partial charge is 0.257 e. The number of amides is 2. The number of carbonyl (C=O) groups excluding carboxylic acids is 2. The van der Waals surface area contributed by atoms with Gasteiger partial charge in [0.15, 0.2) is 0 Å². The van der Waals surface area contributed by atoms with Gasteiger partial charge in [0.25, 0.3) is 5.91 Å². The van der Waals surface area contributed by atoms with Gasteiger partial charge in [-0.05, 0) is 24.8 Å². The van der Waals surface area contributed by atoms with Crippen molar-refractivity contribution in [2.45, 2.75) is 33.1 Å². The number of rotatable bonds is 6. The predicted octanol–water partition coefficient (Wildman–Crippen LogP) is 2.39. The van der Waals surface area contributed by atoms with Crippen LogP contribution in [-0.4, -0.2) is 47.8 Å². The van der Waals surface area contributed by atoms with Gasteiger partial charge >= 0.3 is 0 Å². The Morgan fingerprint density at radius 1 is 1.33 bits per heavy atom. The summed E-state index contributed by atoms with van der Waals surface area (Å²) in [6.07, 6.45) is 5.54. The van der Waals surface area contributed by atoms with E-state index in [0.29, 0.717) is 31.0 Å². The van der Waals surface area contributed by atoms with Crippen molar-refractivity contribution in [2.75, 3.05) is 26.2 Å². The van der Waals surface area contributed by atoms with Crippen molar-refractivity contribution < 1.29 is 14.0 Å². The molecule has 0 saturated carbocycles. The average molecular weight is 292 g/mol. The summed E-state index contributed by atoms with van der Waals surface area (Å²) in [5.41, 5.74) is 0.546. The van der Waals surface area contributed by atoms with Crippen molar-refractivity contribution in [3.8, 4) is 0 Å². The van der Waals surface area contributed by atoms with Crippen molar-refractivity contribution in [2.24, 2.45) is 5.92 Å². The Balaban J connectivity index is 1.93. The van der Waals surface area contributed by atoms with Crippen LogP contribution in [0, 0.1) is 5.92 Å². The third-order valence-corrected chi connectivity index (χ3v) is 3.70. The van der Waals surface area contributed by atoms with Crippen LogP contribution in [0.3, 0.4) is 0 Å². The Morgan fingerprint density at radius 2 is 2.05 bits per heavy atom. The lowest BCUT2D eigenvalue weighted by atomic mass is 10.1. The molecule has 0 unspecified atom stereocenters. The van der Waals surface area contributed by atoms with E-state index in [4.69, 9.17) is 4.42 Å². The molecule has 1 aromatic rings. The van der Waals surface area contributed by atoms with Crippen LogP contribution in [0.25, 0.3) is 0 Å². The highest BCUT2D eigenvalue weighted by molar-refractivity contribution is 5.94. The van der Waals surface area contributed by atoms with Gasteiger partial charge in [0, 0.05) is 32.6 Å². The highest BCUT2D eigenvalue weighted by Gasteiger charge is 2.22. The molecule has 0 aliphatic carbocycles. The summed E-state index contributed by atoms with van der Waals surface area (Å²) in [7, 11) is 0. The Morgan fingerprint density at radius 3 is 2.62 bits per heavy atom. The summed E-state index contributed by atoms with van der Waals surface area (Å²) in [4.78, 5) is 28.2. The zero-order valence-electron chi connectivity index (χ0n) is 12.9. The van der Waals surface area contributed by atoms with Gasteiger partial charge in [0.1, 0.15) is 6.26 Å². The molecule has 0 radical (unpaired) electrons. The molecule has 1 saturated heterocycles. The second kappa shape index (κ2) is 7.29. The quantitative estimate of drug-likeness (QED) is 0.809. The second-order valence-electron chi connectivity index (χ2n) is 5.99. The molecular formula is C16H24N2O3. The number of furan rings is 1. The maximum atomic E-state index is 12.4. The van der Waals surface area contributed by atoms with E-state index in [1.54, 1.807) is 11.0 Å². The Labute approximate surface area is 125 Å². The molecule has 0 atom stereocenters. The molecule has 1 fully saturated rings. The Hall–Kier alpha value is -1.78. The number of likely N-dealkylation sites (tertiary alicyclic amines) is 1. The maximum absolute atomic E-state index is 12.4. The molecule has 0 N–H and O–H groups in total. The van der Waals surface area contributed by atoms with Gasteiger partial charge in [-0.3, -0.25) is 9.59 Å². The third kappa shape index (κ3) is 4.34. The fourth-order valence-electron chi connectivity index (χ4n) is 2.64. The second-order valence-corrected chi connectivity index (χ2v) is 5.99. The van der Waals surface area contributed by atoms with Gasteiger partial charge in [-0.1, -0.05) is 13.8 Å². The number of hydrogen-bond acceptors (Lipinski definition) is 3. The van der Waals surface area contributed by atoms with Gasteiger partial charge in [-0.2, -0.15) is 0 Å². The van der Waals surface area contributed by atoms with E-state index in [1.807, 2.05) is 4.90 Å². The molecule has 1 aliphatic heterocycles. The molecular weight excluding hydrogens is 268 g/mol. The largest absolute Gasteiger partial charge is 0.472 e. The van der Waals surface area contributed by atoms with Crippen LogP contribution in [-0.2, 0) is 4.79 Å². The van der Waals surface area contributed by atoms with Gasteiger partial charge in [0.05, 0.1) is 11.8 Å². The van der Waals surface area contributed by atoms with E-state index in [0.717, 1.165) is 25.9 Å². The molecule has 0 aromatic carbocycles. The lowest BCUT2D eigenvalue weighted by Gasteiger charge is -2.25. The van der Waals surface area contributed by atoms with Crippen molar-refractivity contribution in [3.63, 3.8) is 0 Å². The molecule has 5 nitrogen and oxygen atoms in total. The van der Waals surface area contributed by atoms with Gasteiger partial charge < -0.3 is 14.2 Å². The topological polar surface area (TPSA) is 53.8 Å². The lowest BCUT2D eigenvalue weighted by molar-refractivity contribution is -0.130. The van der Waals surface area contributed by atoms with Crippen molar-refractivity contribution in [1.82, 2.24) is 9.80 Å². The third-order valence-electron chi connectivity index (χ3n) is 3.70. The standard InChI is InChI=1S/C16H24N2O3/c1-13(2)11-18(16(20)14-6-10-21-12-14)9-5-15(19)17-7-3-4-8-17/h6,10,12-13H,3-5,7-9,11H2,1-2H3. The van der Waals surface area contributed by atoms with E-state index in [9.17, 15) is 9.59 Å². The van der Waals surface area contributed by atoms with Crippen LogP contribution in [0.1, 0.15) is 43.5 Å². The van der Waals surface area contributed by atoms with Crippen LogP contribution in [0.4, 0.5) is 0 Å². The first-order chi connectivity index (χ1) is 10.1. The van der Waals surface area contributed by atoms with Gasteiger partial charge in [-0.15, -0.1) is 0 Å². The molecule has 2 heterocycles. The molecule has 5 heteroatoms. The monoisotopic (exact) mass is 292 g/mol. The molecule has 0 spiro atoms. The fraction of sp³-hybridized carbons (Fsp3) is 0.625. The molecule has 1 aromatic heterocycles. The van der Waals surface area contributed by atoms with E-state index < -0.39 is 0 Å². The molecule has 2 rings (SSSR count). The summed E-state index contributed by atoms with van der Waals surface area (Å²) >= 11 is 0. The van der Waals surface area contributed by atoms with E-state index in [2.05, 4.69) is 13.8 Å². The van der Waals surface area contributed by atoms with Crippen LogP contribution in [0.5, 0.6) is 0 Å². The minimum Gasteiger partial charge on any atom is -0.472 e. The zero-order valence-corrected chi connectivity index (χ0v) is 12.9. The molecule has 1 aliphatic rings. The maximum Gasteiger partial charge on any atom is 0.257 e. The average Bonchev–Trinajstić information content (AvgIpc) is 3.13. The summed E-state index contributed by atoms with van der Waals surface area (Å²) in [5.74, 6) is 0.454. The highest BCUT2D eigenvalue weighted by Crippen LogP contribution is 2.12. The summed E-state index contributed by atoms with van der Waals surface area (Å²) in [6, 6.07) is 1.66. The van der Waals surface area contributed by atoms with E-state index in [-0.39, 0.29) is 11.8 Å². The SMILES string of the molecule is CC(C)CN(CCC(=O)N1CCCC1)C(=O)c1ccoc1. The molecule has 116 valence electrons. The first kappa shape index (κ1) is 15.6.